The van der Waals surface area contributed by atoms with Crippen LogP contribution in [-0.4, -0.2) is 23.0 Å². The molecule has 2 atom stereocenters. The average Bonchev–Trinajstić information content (AvgIpc) is 2.70. The van der Waals surface area contributed by atoms with Crippen molar-refractivity contribution in [3.05, 3.63) is 22.6 Å². The molecule has 1 aromatic heterocycles. The number of hydrogen-bond donors (Lipinski definition) is 1. The van der Waals surface area contributed by atoms with E-state index in [1.165, 1.54) is 6.42 Å². The summed E-state index contributed by atoms with van der Waals surface area (Å²) in [5.41, 5.74) is 2.93. The van der Waals surface area contributed by atoms with Gasteiger partial charge >= 0.3 is 5.91 Å². The third-order valence-electron chi connectivity index (χ3n) is 3.22. The first kappa shape index (κ1) is 12.6. The van der Waals surface area contributed by atoms with Crippen LogP contribution in [0.5, 0.6) is 0 Å². The van der Waals surface area contributed by atoms with Crippen LogP contribution in [0.1, 0.15) is 43.7 Å². The molecule has 0 saturated carbocycles. The zero-order chi connectivity index (χ0) is 12.4. The van der Waals surface area contributed by atoms with Crippen LogP contribution < -0.4 is 5.43 Å². The molecule has 1 aliphatic heterocycles. The summed E-state index contributed by atoms with van der Waals surface area (Å²) in [6.45, 7) is 4.27. The fourth-order valence-corrected chi connectivity index (χ4v) is 2.56. The lowest BCUT2D eigenvalue weighted by atomic mass is 10.00. The number of piperidine rings is 1. The van der Waals surface area contributed by atoms with Crippen molar-refractivity contribution in [1.29, 1.82) is 0 Å². The van der Waals surface area contributed by atoms with Gasteiger partial charge in [0.15, 0.2) is 10.4 Å². The van der Waals surface area contributed by atoms with Gasteiger partial charge < -0.3 is 4.42 Å². The van der Waals surface area contributed by atoms with Gasteiger partial charge in [-0.05, 0) is 54.8 Å². The van der Waals surface area contributed by atoms with E-state index in [2.05, 4.69) is 35.2 Å². The molecule has 0 spiro atoms. The zero-order valence-corrected chi connectivity index (χ0v) is 11.7. The zero-order valence-electron chi connectivity index (χ0n) is 10.1. The minimum Gasteiger partial charge on any atom is -0.444 e. The number of halogens is 1. The molecule has 1 fully saturated rings. The predicted molar refractivity (Wildman–Crippen MR) is 68.5 cm³/mol. The normalized spacial score (nSPS) is 25.8. The van der Waals surface area contributed by atoms with Crippen LogP contribution in [0.2, 0.25) is 0 Å². The second kappa shape index (κ2) is 5.23. The van der Waals surface area contributed by atoms with E-state index in [1.54, 1.807) is 12.1 Å². The molecule has 2 unspecified atom stereocenters. The second-order valence-corrected chi connectivity index (χ2v) is 5.36. The fraction of sp³-hybridized carbons (Fsp3) is 0.583. The van der Waals surface area contributed by atoms with Gasteiger partial charge in [0.1, 0.15) is 0 Å². The highest BCUT2D eigenvalue weighted by atomic mass is 79.9. The Hall–Kier alpha value is -0.810. The number of amides is 1. The molecule has 2 heterocycles. The smallest absolute Gasteiger partial charge is 0.301 e. The number of rotatable bonds is 2. The molecule has 1 N–H and O–H groups in total. The first-order valence-electron chi connectivity index (χ1n) is 5.92. The van der Waals surface area contributed by atoms with Crippen molar-refractivity contribution >= 4 is 21.8 Å². The second-order valence-electron chi connectivity index (χ2n) is 4.58. The summed E-state index contributed by atoms with van der Waals surface area (Å²) in [7, 11) is 0. The van der Waals surface area contributed by atoms with Gasteiger partial charge in [-0.15, -0.1) is 0 Å². The van der Waals surface area contributed by atoms with Gasteiger partial charge in [-0.25, -0.2) is 5.01 Å². The molecule has 2 rings (SSSR count). The lowest BCUT2D eigenvalue weighted by Crippen LogP contribution is -2.54. The molecule has 0 aromatic carbocycles. The fourth-order valence-electron chi connectivity index (χ4n) is 2.25. The van der Waals surface area contributed by atoms with Crippen LogP contribution >= 0.6 is 15.9 Å². The van der Waals surface area contributed by atoms with Crippen LogP contribution in [0.3, 0.4) is 0 Å². The number of carbonyl (C=O) groups is 1. The maximum atomic E-state index is 11.9. The Labute approximate surface area is 109 Å². The molecule has 1 aliphatic rings. The maximum absolute atomic E-state index is 11.9. The summed E-state index contributed by atoms with van der Waals surface area (Å²) in [4.78, 5) is 11.9. The molecule has 17 heavy (non-hydrogen) atoms. The molecule has 0 bridgehead atoms. The Morgan fingerprint density at radius 1 is 1.41 bits per heavy atom. The van der Waals surface area contributed by atoms with Crippen molar-refractivity contribution in [3.63, 3.8) is 0 Å². The number of nitrogens with zero attached hydrogens (tertiary/aromatic N) is 1. The summed E-state index contributed by atoms with van der Waals surface area (Å²) in [5, 5.41) is 2.03. The van der Waals surface area contributed by atoms with E-state index < -0.39 is 0 Å². The number of hydrogen-bond acceptors (Lipinski definition) is 3. The number of hydrazine groups is 1. The SMILES string of the molecule is CC1CCCC(C)N1NC(=O)c1ccc(Br)o1. The Balaban J connectivity index is 2.02. The summed E-state index contributed by atoms with van der Waals surface area (Å²) in [5.74, 6) is 0.151. The van der Waals surface area contributed by atoms with Crippen molar-refractivity contribution in [2.75, 3.05) is 0 Å². The number of nitrogens with one attached hydrogen (secondary N) is 1. The van der Waals surface area contributed by atoms with Gasteiger partial charge in [0.2, 0.25) is 0 Å². The summed E-state index contributed by atoms with van der Waals surface area (Å²) >= 11 is 3.19. The highest BCUT2D eigenvalue weighted by molar-refractivity contribution is 9.10. The van der Waals surface area contributed by atoms with Gasteiger partial charge in [0.25, 0.3) is 0 Å². The van der Waals surface area contributed by atoms with E-state index in [9.17, 15) is 4.79 Å². The molecule has 94 valence electrons. The topological polar surface area (TPSA) is 45.5 Å². The first-order valence-corrected chi connectivity index (χ1v) is 6.72. The largest absolute Gasteiger partial charge is 0.444 e. The van der Waals surface area contributed by atoms with Crippen LogP contribution in [-0.2, 0) is 0 Å². The third kappa shape index (κ3) is 2.90. The quantitative estimate of drug-likeness (QED) is 0.913. The molecule has 1 aromatic rings. The van der Waals surface area contributed by atoms with E-state index in [0.29, 0.717) is 22.5 Å². The number of furan rings is 1. The van der Waals surface area contributed by atoms with Crippen LogP contribution in [0, 0.1) is 0 Å². The van der Waals surface area contributed by atoms with E-state index in [1.807, 2.05) is 5.01 Å². The van der Waals surface area contributed by atoms with E-state index >= 15 is 0 Å². The third-order valence-corrected chi connectivity index (χ3v) is 3.65. The van der Waals surface area contributed by atoms with Crippen LogP contribution in [0.4, 0.5) is 0 Å². The molecule has 0 aliphatic carbocycles. The summed E-state index contributed by atoms with van der Waals surface area (Å²) in [6.07, 6.45) is 3.46. The maximum Gasteiger partial charge on any atom is 0.301 e. The minimum atomic E-state index is -0.184. The lowest BCUT2D eigenvalue weighted by molar-refractivity contribution is 0.0350. The molecule has 5 heteroatoms. The van der Waals surface area contributed by atoms with Crippen molar-refractivity contribution in [1.82, 2.24) is 10.4 Å². The molecular weight excluding hydrogens is 284 g/mol. The average molecular weight is 301 g/mol. The van der Waals surface area contributed by atoms with Crippen molar-refractivity contribution in [2.24, 2.45) is 0 Å². The number of carbonyl (C=O) groups excluding carboxylic acids is 1. The Bertz CT molecular complexity index is 395. The van der Waals surface area contributed by atoms with Crippen molar-refractivity contribution in [3.8, 4) is 0 Å². The molecular formula is C12H17BrN2O2. The lowest BCUT2D eigenvalue weighted by Gasteiger charge is -2.38. The van der Waals surface area contributed by atoms with Gasteiger partial charge in [-0.2, -0.15) is 0 Å². The summed E-state index contributed by atoms with van der Waals surface area (Å²) < 4.78 is 5.81. The monoisotopic (exact) mass is 300 g/mol. The van der Waals surface area contributed by atoms with Crippen molar-refractivity contribution < 1.29 is 9.21 Å². The summed E-state index contributed by atoms with van der Waals surface area (Å²) in [6, 6.07) is 4.14. The minimum absolute atomic E-state index is 0.184. The van der Waals surface area contributed by atoms with Crippen molar-refractivity contribution in [2.45, 2.75) is 45.2 Å². The highest BCUT2D eigenvalue weighted by Gasteiger charge is 2.27. The van der Waals surface area contributed by atoms with Gasteiger partial charge in [-0.1, -0.05) is 6.42 Å². The Kier molecular flexibility index (Phi) is 3.89. The Morgan fingerprint density at radius 3 is 2.59 bits per heavy atom. The predicted octanol–water partition coefficient (Wildman–Crippen LogP) is 2.95. The van der Waals surface area contributed by atoms with Gasteiger partial charge in [0, 0.05) is 12.1 Å². The van der Waals surface area contributed by atoms with Crippen LogP contribution in [0.15, 0.2) is 21.2 Å². The first-order chi connectivity index (χ1) is 8.08. The van der Waals surface area contributed by atoms with Gasteiger partial charge in [-0.3, -0.25) is 10.2 Å². The van der Waals surface area contributed by atoms with E-state index in [0.717, 1.165) is 12.8 Å². The van der Waals surface area contributed by atoms with E-state index in [-0.39, 0.29) is 5.91 Å². The Morgan fingerprint density at radius 2 is 2.06 bits per heavy atom. The molecule has 1 amide bonds. The molecule has 1 saturated heterocycles. The standard InChI is InChI=1S/C12H17BrN2O2/c1-8-4-3-5-9(2)15(8)14-12(16)10-6-7-11(13)17-10/h6-9H,3-5H2,1-2H3,(H,14,16). The van der Waals surface area contributed by atoms with E-state index in [4.69, 9.17) is 4.42 Å². The van der Waals surface area contributed by atoms with Gasteiger partial charge in [0.05, 0.1) is 0 Å². The molecule has 0 radical (unpaired) electrons. The van der Waals surface area contributed by atoms with Crippen LogP contribution in [0.25, 0.3) is 0 Å². The molecule has 4 nitrogen and oxygen atoms in total. The highest BCUT2D eigenvalue weighted by Crippen LogP contribution is 2.21.